The fourth-order valence-electron chi connectivity index (χ4n) is 2.84. The van der Waals surface area contributed by atoms with Gasteiger partial charge in [0.1, 0.15) is 5.52 Å². The summed E-state index contributed by atoms with van der Waals surface area (Å²) < 4.78 is 1.66. The maximum atomic E-state index is 12.6. The lowest BCUT2D eigenvalue weighted by Crippen LogP contribution is -2.20. The first-order valence-electron chi connectivity index (χ1n) is 8.51. The molecule has 4 rings (SSSR count). The first kappa shape index (κ1) is 16.7. The van der Waals surface area contributed by atoms with Gasteiger partial charge in [-0.15, -0.1) is 5.10 Å². The Morgan fingerprint density at radius 1 is 0.889 bits per heavy atom. The highest BCUT2D eigenvalue weighted by Gasteiger charge is 2.11. The van der Waals surface area contributed by atoms with Crippen LogP contribution in [0.25, 0.3) is 11.0 Å². The Kier molecular flexibility index (Phi) is 4.45. The van der Waals surface area contributed by atoms with Crippen LogP contribution in [0.2, 0.25) is 0 Å². The van der Waals surface area contributed by atoms with E-state index in [4.69, 9.17) is 0 Å². The zero-order valence-electron chi connectivity index (χ0n) is 14.7. The van der Waals surface area contributed by atoms with Crippen LogP contribution in [-0.4, -0.2) is 26.6 Å². The predicted molar refractivity (Wildman–Crippen MR) is 104 cm³/mol. The van der Waals surface area contributed by atoms with E-state index in [9.17, 15) is 4.79 Å². The summed E-state index contributed by atoms with van der Waals surface area (Å²) in [6.45, 7) is 0. The van der Waals surface area contributed by atoms with Crippen molar-refractivity contribution in [3.63, 3.8) is 0 Å². The van der Waals surface area contributed by atoms with Crippen molar-refractivity contribution in [2.24, 2.45) is 12.1 Å². The van der Waals surface area contributed by atoms with Crippen LogP contribution < -0.4 is 5.43 Å². The minimum absolute atomic E-state index is 0.299. The Bertz CT molecular complexity index is 1080. The third-order valence-electron chi connectivity index (χ3n) is 4.24. The normalized spacial score (nSPS) is 10.6. The zero-order valence-corrected chi connectivity index (χ0v) is 14.7. The van der Waals surface area contributed by atoms with Gasteiger partial charge in [0.2, 0.25) is 0 Å². The number of fused-ring (bicyclic) bond motifs is 1. The van der Waals surface area contributed by atoms with E-state index in [0.29, 0.717) is 16.8 Å². The molecule has 0 spiro atoms. The van der Waals surface area contributed by atoms with Crippen LogP contribution in [0.15, 0.2) is 84.0 Å². The van der Waals surface area contributed by atoms with Gasteiger partial charge in [0, 0.05) is 23.7 Å². The SMILES string of the molecule is Cn1nnc2cc(C(=O)NN=C(c3ccccc3)c3ccccc3)ccc21. The van der Waals surface area contributed by atoms with Crippen LogP contribution in [-0.2, 0) is 7.05 Å². The number of hydrogen-bond donors (Lipinski definition) is 1. The Balaban J connectivity index is 1.65. The Morgan fingerprint density at radius 2 is 1.52 bits per heavy atom. The summed E-state index contributed by atoms with van der Waals surface area (Å²) in [6, 6.07) is 24.8. The van der Waals surface area contributed by atoms with E-state index in [1.54, 1.807) is 16.8 Å². The molecule has 1 N–H and O–H groups in total. The number of benzene rings is 3. The summed E-state index contributed by atoms with van der Waals surface area (Å²) in [5, 5.41) is 12.4. The molecule has 0 aliphatic heterocycles. The molecule has 0 aliphatic rings. The molecule has 6 nitrogen and oxygen atoms in total. The first-order valence-corrected chi connectivity index (χ1v) is 8.51. The molecule has 0 unspecified atom stereocenters. The van der Waals surface area contributed by atoms with Crippen molar-refractivity contribution >= 4 is 22.7 Å². The highest BCUT2D eigenvalue weighted by atomic mass is 16.2. The summed E-state index contributed by atoms with van der Waals surface area (Å²) in [5.74, 6) is -0.299. The third-order valence-corrected chi connectivity index (χ3v) is 4.24. The second-order valence-electron chi connectivity index (χ2n) is 6.05. The minimum Gasteiger partial charge on any atom is -0.267 e. The number of hydrazone groups is 1. The second-order valence-corrected chi connectivity index (χ2v) is 6.05. The van der Waals surface area contributed by atoms with Crippen molar-refractivity contribution in [3.05, 3.63) is 95.6 Å². The molecule has 3 aromatic carbocycles. The van der Waals surface area contributed by atoms with E-state index in [1.807, 2.05) is 73.8 Å². The van der Waals surface area contributed by atoms with E-state index in [0.717, 1.165) is 16.6 Å². The number of nitrogens with zero attached hydrogens (tertiary/aromatic N) is 4. The molecule has 132 valence electrons. The number of aromatic nitrogens is 3. The largest absolute Gasteiger partial charge is 0.271 e. The lowest BCUT2D eigenvalue weighted by atomic mass is 10.0. The highest BCUT2D eigenvalue weighted by Crippen LogP contribution is 2.13. The van der Waals surface area contributed by atoms with Gasteiger partial charge < -0.3 is 0 Å². The molecular weight excluding hydrogens is 338 g/mol. The van der Waals surface area contributed by atoms with Crippen LogP contribution in [0.4, 0.5) is 0 Å². The summed E-state index contributed by atoms with van der Waals surface area (Å²) in [5.41, 5.74) is 7.22. The van der Waals surface area contributed by atoms with Gasteiger partial charge >= 0.3 is 0 Å². The number of carbonyl (C=O) groups is 1. The summed E-state index contributed by atoms with van der Waals surface area (Å²) >= 11 is 0. The molecule has 6 heteroatoms. The van der Waals surface area contributed by atoms with Crippen molar-refractivity contribution in [3.8, 4) is 0 Å². The number of carbonyl (C=O) groups excluding carboxylic acids is 1. The van der Waals surface area contributed by atoms with E-state index < -0.39 is 0 Å². The number of amides is 1. The average Bonchev–Trinajstić information content (AvgIpc) is 3.10. The number of aryl methyl sites for hydroxylation is 1. The fourth-order valence-corrected chi connectivity index (χ4v) is 2.84. The topological polar surface area (TPSA) is 72.2 Å². The van der Waals surface area contributed by atoms with Crippen molar-refractivity contribution in [2.75, 3.05) is 0 Å². The van der Waals surface area contributed by atoms with Crippen molar-refractivity contribution < 1.29 is 4.79 Å². The fraction of sp³-hybridized carbons (Fsp3) is 0.0476. The molecule has 4 aromatic rings. The standard InChI is InChI=1S/C21H17N5O/c1-26-19-13-12-17(14-18(19)22-25-26)21(27)24-23-20(15-8-4-2-5-9-15)16-10-6-3-7-11-16/h2-14H,1H3,(H,24,27). The van der Waals surface area contributed by atoms with E-state index in [1.165, 1.54) is 0 Å². The van der Waals surface area contributed by atoms with Gasteiger partial charge in [0.15, 0.2) is 0 Å². The molecule has 0 aliphatic carbocycles. The van der Waals surface area contributed by atoms with Gasteiger partial charge in [-0.2, -0.15) is 5.10 Å². The van der Waals surface area contributed by atoms with Crippen LogP contribution in [0.3, 0.4) is 0 Å². The third kappa shape index (κ3) is 3.46. The van der Waals surface area contributed by atoms with Crippen LogP contribution in [0.5, 0.6) is 0 Å². The molecule has 1 aromatic heterocycles. The van der Waals surface area contributed by atoms with E-state index >= 15 is 0 Å². The van der Waals surface area contributed by atoms with Crippen molar-refractivity contribution in [1.29, 1.82) is 0 Å². The van der Waals surface area contributed by atoms with Crippen molar-refractivity contribution in [2.45, 2.75) is 0 Å². The Morgan fingerprint density at radius 3 is 2.15 bits per heavy atom. The number of hydrogen-bond acceptors (Lipinski definition) is 4. The maximum absolute atomic E-state index is 12.6. The molecule has 1 heterocycles. The smallest absolute Gasteiger partial charge is 0.267 e. The molecule has 0 atom stereocenters. The molecular formula is C21H17N5O. The Labute approximate surface area is 156 Å². The van der Waals surface area contributed by atoms with Gasteiger partial charge in [-0.1, -0.05) is 65.9 Å². The van der Waals surface area contributed by atoms with Crippen LogP contribution in [0.1, 0.15) is 21.5 Å². The number of nitrogens with one attached hydrogen (secondary N) is 1. The van der Waals surface area contributed by atoms with Gasteiger partial charge in [-0.05, 0) is 18.2 Å². The van der Waals surface area contributed by atoms with Gasteiger partial charge in [0.05, 0.1) is 11.2 Å². The maximum Gasteiger partial charge on any atom is 0.271 e. The minimum atomic E-state index is -0.299. The molecule has 0 bridgehead atoms. The lowest BCUT2D eigenvalue weighted by molar-refractivity contribution is 0.0955. The Hall–Kier alpha value is -3.80. The van der Waals surface area contributed by atoms with Crippen LogP contribution >= 0.6 is 0 Å². The van der Waals surface area contributed by atoms with Gasteiger partial charge in [-0.3, -0.25) is 4.79 Å². The summed E-state index contributed by atoms with van der Waals surface area (Å²) in [4.78, 5) is 12.6. The monoisotopic (exact) mass is 355 g/mol. The van der Waals surface area contributed by atoms with Crippen LogP contribution in [0, 0.1) is 0 Å². The van der Waals surface area contributed by atoms with E-state index in [2.05, 4.69) is 20.8 Å². The molecule has 27 heavy (non-hydrogen) atoms. The van der Waals surface area contributed by atoms with E-state index in [-0.39, 0.29) is 5.91 Å². The second kappa shape index (κ2) is 7.21. The lowest BCUT2D eigenvalue weighted by Gasteiger charge is -2.08. The average molecular weight is 355 g/mol. The quantitative estimate of drug-likeness (QED) is 0.451. The zero-order chi connectivity index (χ0) is 18.6. The number of rotatable bonds is 4. The van der Waals surface area contributed by atoms with Crippen molar-refractivity contribution in [1.82, 2.24) is 20.4 Å². The first-order chi connectivity index (χ1) is 13.2. The predicted octanol–water partition coefficient (Wildman–Crippen LogP) is 3.15. The molecule has 0 radical (unpaired) electrons. The summed E-state index contributed by atoms with van der Waals surface area (Å²) in [6.07, 6.45) is 0. The van der Waals surface area contributed by atoms with Gasteiger partial charge in [0.25, 0.3) is 5.91 Å². The summed E-state index contributed by atoms with van der Waals surface area (Å²) in [7, 11) is 1.81. The molecule has 0 fully saturated rings. The highest BCUT2D eigenvalue weighted by molar-refractivity contribution is 6.13. The van der Waals surface area contributed by atoms with Gasteiger partial charge in [-0.25, -0.2) is 10.1 Å². The molecule has 0 saturated carbocycles. The molecule has 1 amide bonds. The molecule has 0 saturated heterocycles.